The molecule has 1 fully saturated rings. The number of nitrogens with zero attached hydrogens (tertiary/aromatic N) is 1. The van der Waals surface area contributed by atoms with Crippen molar-refractivity contribution in [1.29, 1.82) is 0 Å². The lowest BCUT2D eigenvalue weighted by atomic mass is 9.93. The van der Waals surface area contributed by atoms with E-state index in [1.54, 1.807) is 0 Å². The van der Waals surface area contributed by atoms with Crippen LogP contribution in [0.3, 0.4) is 0 Å². The molecule has 1 aromatic carbocycles. The highest BCUT2D eigenvalue weighted by Gasteiger charge is 2.53. The summed E-state index contributed by atoms with van der Waals surface area (Å²) in [6.07, 6.45) is 5.72. The van der Waals surface area contributed by atoms with Gasteiger partial charge in [0, 0.05) is 10.1 Å². The minimum Gasteiger partial charge on any atom is -0.272 e. The molecule has 0 saturated heterocycles. The number of carbonyl (C=O) groups excluding carboxylic acids is 1. The van der Waals surface area contributed by atoms with Crippen molar-refractivity contribution in [2.24, 2.45) is 22.1 Å². The summed E-state index contributed by atoms with van der Waals surface area (Å²) in [6.45, 7) is 2.09. The first-order valence-electron chi connectivity index (χ1n) is 6.48. The summed E-state index contributed by atoms with van der Waals surface area (Å²) in [6, 6.07) is 8.54. The van der Waals surface area contributed by atoms with Gasteiger partial charge in [-0.1, -0.05) is 40.5 Å². The second-order valence-corrected chi connectivity index (χ2v) is 7.32. The first kappa shape index (κ1) is 10.7. The second-order valence-electron chi connectivity index (χ2n) is 5.50. The normalized spacial score (nSPS) is 40.1. The van der Waals surface area contributed by atoms with E-state index in [4.69, 9.17) is 0 Å². The monoisotopic (exact) mass is 257 g/mol. The maximum Gasteiger partial charge on any atom is 0.256 e. The zero-order valence-corrected chi connectivity index (χ0v) is 11.1. The summed E-state index contributed by atoms with van der Waals surface area (Å²) < 4.78 is 4.46. The lowest BCUT2D eigenvalue weighted by Gasteiger charge is -2.21. The third-order valence-electron chi connectivity index (χ3n) is 4.38. The van der Waals surface area contributed by atoms with Gasteiger partial charge in [0.25, 0.3) is 5.91 Å². The number of allylic oxidation sites excluding steroid dienone is 2. The lowest BCUT2D eigenvalue weighted by molar-refractivity contribution is -0.121. The number of aryl methyl sites for hydroxylation is 1. The Kier molecular flexibility index (Phi) is 2.16. The summed E-state index contributed by atoms with van der Waals surface area (Å²) in [5.41, 5.74) is 1.26. The van der Waals surface area contributed by atoms with Crippen LogP contribution < -0.4 is 0 Å². The minimum atomic E-state index is -0.210. The molecule has 5 atom stereocenters. The standard InChI is InChI=1S/C15H15NOS/c1-9-2-6-12(7-3-9)18-14-11-5-4-10(8-11)13(14)15(17)16-18/h2-7,10-11,13-14H,8H2,1H3/t10-,11+,13-,14+,18?/m1/s1. The molecule has 0 N–H and O–H groups in total. The zero-order chi connectivity index (χ0) is 12.3. The number of carbonyl (C=O) groups is 1. The molecule has 1 heterocycles. The molecule has 0 aromatic heterocycles. The van der Waals surface area contributed by atoms with Gasteiger partial charge in [0.1, 0.15) is 0 Å². The first-order chi connectivity index (χ1) is 8.74. The van der Waals surface area contributed by atoms with Crippen LogP contribution in [0.1, 0.15) is 12.0 Å². The minimum absolute atomic E-state index is 0.153. The Morgan fingerprint density at radius 3 is 2.67 bits per heavy atom. The molecular weight excluding hydrogens is 242 g/mol. The van der Waals surface area contributed by atoms with Crippen molar-refractivity contribution in [2.75, 3.05) is 0 Å². The van der Waals surface area contributed by atoms with Crippen molar-refractivity contribution < 1.29 is 4.79 Å². The number of hydrogen-bond donors (Lipinski definition) is 0. The van der Waals surface area contributed by atoms with Gasteiger partial charge in [-0.2, -0.15) is 4.36 Å². The predicted molar refractivity (Wildman–Crippen MR) is 72.3 cm³/mol. The van der Waals surface area contributed by atoms with E-state index in [-0.39, 0.29) is 22.5 Å². The maximum absolute atomic E-state index is 12.1. The fraction of sp³-hybridized carbons (Fsp3) is 0.400. The summed E-state index contributed by atoms with van der Waals surface area (Å²) in [4.78, 5) is 13.3. The van der Waals surface area contributed by atoms with Gasteiger partial charge in [-0.05, 0) is 37.3 Å². The smallest absolute Gasteiger partial charge is 0.256 e. The topological polar surface area (TPSA) is 29.4 Å². The van der Waals surface area contributed by atoms with Crippen LogP contribution in [-0.2, 0) is 15.5 Å². The van der Waals surface area contributed by atoms with Crippen LogP contribution in [0.15, 0.2) is 45.7 Å². The highest BCUT2D eigenvalue weighted by molar-refractivity contribution is 7.88. The van der Waals surface area contributed by atoms with Gasteiger partial charge in [0.2, 0.25) is 0 Å². The fourth-order valence-electron chi connectivity index (χ4n) is 3.51. The lowest BCUT2D eigenvalue weighted by Crippen LogP contribution is -2.27. The average molecular weight is 257 g/mol. The molecule has 1 aromatic rings. The van der Waals surface area contributed by atoms with E-state index in [0.29, 0.717) is 17.1 Å². The van der Waals surface area contributed by atoms with E-state index in [0.717, 1.165) is 0 Å². The fourth-order valence-corrected chi connectivity index (χ4v) is 5.91. The summed E-state index contributed by atoms with van der Waals surface area (Å²) in [7, 11) is -0.210. The molecule has 18 heavy (non-hydrogen) atoms. The van der Waals surface area contributed by atoms with Gasteiger partial charge in [0.15, 0.2) is 0 Å². The molecule has 2 aliphatic carbocycles. The van der Waals surface area contributed by atoms with E-state index in [1.807, 2.05) is 0 Å². The van der Waals surface area contributed by atoms with Crippen molar-refractivity contribution in [3.8, 4) is 0 Å². The van der Waals surface area contributed by atoms with Crippen LogP contribution in [0.4, 0.5) is 0 Å². The molecule has 3 aliphatic rings. The zero-order valence-electron chi connectivity index (χ0n) is 10.2. The first-order valence-corrected chi connectivity index (χ1v) is 7.72. The Morgan fingerprint density at radius 1 is 1.17 bits per heavy atom. The SMILES string of the molecule is Cc1ccc(S2=NC(=O)[C@H]3[C@@H]2[C@H]2C=C[C@@H]3C2)cc1. The Bertz CT molecular complexity index is 587. The number of rotatable bonds is 1. The molecule has 1 aliphatic heterocycles. The van der Waals surface area contributed by atoms with E-state index in [9.17, 15) is 4.79 Å². The Labute approximate surface area is 109 Å². The Balaban J connectivity index is 1.78. The van der Waals surface area contributed by atoms with Crippen LogP contribution >= 0.6 is 0 Å². The molecule has 4 rings (SSSR count). The molecule has 3 heteroatoms. The van der Waals surface area contributed by atoms with Crippen molar-refractivity contribution in [1.82, 2.24) is 0 Å². The van der Waals surface area contributed by atoms with Crippen LogP contribution in [-0.4, -0.2) is 11.2 Å². The Hall–Kier alpha value is -1.22. The molecule has 1 amide bonds. The number of hydrogen-bond acceptors (Lipinski definition) is 1. The summed E-state index contributed by atoms with van der Waals surface area (Å²) >= 11 is 0. The van der Waals surface area contributed by atoms with Gasteiger partial charge >= 0.3 is 0 Å². The van der Waals surface area contributed by atoms with Gasteiger partial charge in [-0.25, -0.2) is 0 Å². The van der Waals surface area contributed by atoms with E-state index >= 15 is 0 Å². The van der Waals surface area contributed by atoms with Gasteiger partial charge in [-0.3, -0.25) is 4.79 Å². The van der Waals surface area contributed by atoms with Crippen LogP contribution in [0, 0.1) is 24.7 Å². The number of amides is 1. The van der Waals surface area contributed by atoms with Crippen molar-refractivity contribution >= 4 is 16.6 Å². The van der Waals surface area contributed by atoms with Gasteiger partial charge in [0.05, 0.1) is 5.92 Å². The van der Waals surface area contributed by atoms with Gasteiger partial charge in [-0.15, -0.1) is 0 Å². The van der Waals surface area contributed by atoms with Crippen LogP contribution in [0.25, 0.3) is 0 Å². The largest absolute Gasteiger partial charge is 0.272 e. The van der Waals surface area contributed by atoms with E-state index in [1.165, 1.54) is 16.9 Å². The maximum atomic E-state index is 12.1. The third-order valence-corrected chi connectivity index (χ3v) is 6.67. The quantitative estimate of drug-likeness (QED) is 0.711. The van der Waals surface area contributed by atoms with Crippen LogP contribution in [0.2, 0.25) is 0 Å². The number of benzene rings is 1. The predicted octanol–water partition coefficient (Wildman–Crippen LogP) is 2.89. The van der Waals surface area contributed by atoms with Gasteiger partial charge < -0.3 is 0 Å². The Morgan fingerprint density at radius 2 is 1.89 bits per heavy atom. The van der Waals surface area contributed by atoms with Crippen LogP contribution in [0.5, 0.6) is 0 Å². The second kappa shape index (κ2) is 3.64. The molecule has 1 unspecified atom stereocenters. The molecule has 2 nitrogen and oxygen atoms in total. The molecule has 0 spiro atoms. The number of fused-ring (bicyclic) bond motifs is 5. The highest BCUT2D eigenvalue weighted by atomic mass is 32.2. The van der Waals surface area contributed by atoms with Crippen molar-refractivity contribution in [2.45, 2.75) is 23.5 Å². The average Bonchev–Trinajstić information content (AvgIpc) is 3.03. The van der Waals surface area contributed by atoms with Crippen molar-refractivity contribution in [3.63, 3.8) is 0 Å². The molecule has 92 valence electrons. The summed E-state index contributed by atoms with van der Waals surface area (Å²) in [5, 5.41) is 0.454. The van der Waals surface area contributed by atoms with E-state index in [2.05, 4.69) is 47.7 Å². The molecule has 1 saturated carbocycles. The third kappa shape index (κ3) is 1.34. The molecule has 0 radical (unpaired) electrons. The highest BCUT2D eigenvalue weighted by Crippen LogP contribution is 2.51. The van der Waals surface area contributed by atoms with Crippen molar-refractivity contribution in [3.05, 3.63) is 42.0 Å². The molecular formula is C15H15NOS. The summed E-state index contributed by atoms with van der Waals surface area (Å²) in [5.74, 6) is 1.39. The van der Waals surface area contributed by atoms with E-state index < -0.39 is 0 Å². The molecule has 2 bridgehead atoms.